The van der Waals surface area contributed by atoms with E-state index in [0.717, 1.165) is 50.0 Å². The maximum Gasteiger partial charge on any atom is 0.246 e. The van der Waals surface area contributed by atoms with Gasteiger partial charge in [-0.05, 0) is 69.8 Å². The Bertz CT molecular complexity index is 1050. The summed E-state index contributed by atoms with van der Waals surface area (Å²) >= 11 is 1.37. The number of carbonyl (C=O) groups excluding carboxylic acids is 3. The number of ketones is 1. The minimum atomic E-state index is -0.556. The molecule has 1 unspecified atom stereocenters. The molecule has 2 heterocycles. The van der Waals surface area contributed by atoms with Crippen LogP contribution in [0, 0.1) is 11.7 Å². The fourth-order valence-electron chi connectivity index (χ4n) is 5.02. The highest BCUT2D eigenvalue weighted by Crippen LogP contribution is 2.36. The topological polar surface area (TPSA) is 91.4 Å². The first kappa shape index (κ1) is 25.4. The van der Waals surface area contributed by atoms with Gasteiger partial charge in [0.1, 0.15) is 22.6 Å². The molecule has 1 aromatic heterocycles. The van der Waals surface area contributed by atoms with Gasteiger partial charge in [-0.3, -0.25) is 14.4 Å². The average molecular weight is 501 g/mol. The molecule has 1 aliphatic carbocycles. The van der Waals surface area contributed by atoms with E-state index >= 15 is 0 Å². The van der Waals surface area contributed by atoms with E-state index < -0.39 is 11.9 Å². The Balaban J connectivity index is 1.53. The summed E-state index contributed by atoms with van der Waals surface area (Å²) in [6.45, 7) is 2.39. The van der Waals surface area contributed by atoms with Crippen molar-refractivity contribution in [3.05, 3.63) is 51.7 Å². The molecule has 4 rings (SSSR count). The van der Waals surface area contributed by atoms with Gasteiger partial charge in [0.15, 0.2) is 0 Å². The molecule has 0 bridgehead atoms. The highest BCUT2D eigenvalue weighted by molar-refractivity contribution is 7.10. The molecule has 2 fully saturated rings. The molecule has 1 aliphatic heterocycles. The van der Waals surface area contributed by atoms with Gasteiger partial charge in [-0.15, -0.1) is 11.3 Å². The largest absolute Gasteiger partial charge is 0.343 e. The van der Waals surface area contributed by atoms with Gasteiger partial charge in [-0.25, -0.2) is 9.37 Å². The molecule has 0 radical (unpaired) electrons. The van der Waals surface area contributed by atoms with Gasteiger partial charge >= 0.3 is 0 Å². The van der Waals surface area contributed by atoms with Gasteiger partial charge in [-0.2, -0.15) is 0 Å². The lowest BCUT2D eigenvalue weighted by atomic mass is 9.83. The number of benzene rings is 1. The van der Waals surface area contributed by atoms with Crippen LogP contribution >= 0.6 is 11.3 Å². The first-order valence-corrected chi connectivity index (χ1v) is 13.3. The molecular weight excluding hydrogens is 467 g/mol. The van der Waals surface area contributed by atoms with Crippen LogP contribution in [0.25, 0.3) is 0 Å². The van der Waals surface area contributed by atoms with E-state index in [2.05, 4.69) is 15.6 Å². The molecule has 2 N–H and O–H groups in total. The molecule has 9 heteroatoms. The second kappa shape index (κ2) is 11.4. The lowest BCUT2D eigenvalue weighted by molar-refractivity contribution is -0.139. The van der Waals surface area contributed by atoms with E-state index in [-0.39, 0.29) is 35.6 Å². The number of halogens is 1. The third kappa shape index (κ3) is 5.78. The molecule has 7 nitrogen and oxygen atoms in total. The smallest absolute Gasteiger partial charge is 0.246 e. The van der Waals surface area contributed by atoms with Gasteiger partial charge < -0.3 is 15.5 Å². The molecule has 2 aliphatic rings. The zero-order valence-corrected chi connectivity index (χ0v) is 21.1. The number of carbonyl (C=O) groups is 3. The van der Waals surface area contributed by atoms with Crippen molar-refractivity contribution >= 4 is 28.9 Å². The standard InChI is InChI=1S/C26H33FN4O3S/c1-16(28-2)24(33)30-22(17-7-4-3-5-8-17)26(34)31-14-6-9-21(31)25-29-20(15-35-25)23(32)18-10-12-19(27)13-11-18/h10-13,15-17,21-22,28H,3-9,14H2,1-2H3,(H,30,33)/t16-,21?,22-/m0/s1. The maximum atomic E-state index is 13.8. The fourth-order valence-corrected chi connectivity index (χ4v) is 5.96. The second-order valence-corrected chi connectivity index (χ2v) is 10.4. The molecular formula is C26H33FN4O3S. The van der Waals surface area contributed by atoms with E-state index in [9.17, 15) is 18.8 Å². The number of rotatable bonds is 8. The van der Waals surface area contributed by atoms with Crippen molar-refractivity contribution in [2.75, 3.05) is 13.6 Å². The average Bonchev–Trinajstić information content (AvgIpc) is 3.56. The van der Waals surface area contributed by atoms with Crippen molar-refractivity contribution in [3.63, 3.8) is 0 Å². The van der Waals surface area contributed by atoms with Crippen LogP contribution < -0.4 is 10.6 Å². The quantitative estimate of drug-likeness (QED) is 0.538. The van der Waals surface area contributed by atoms with Crippen molar-refractivity contribution in [1.29, 1.82) is 0 Å². The Morgan fingerprint density at radius 3 is 2.49 bits per heavy atom. The van der Waals surface area contributed by atoms with Gasteiger partial charge in [0.05, 0.1) is 12.1 Å². The molecule has 1 saturated carbocycles. The first-order valence-electron chi connectivity index (χ1n) is 12.4. The molecule has 2 aromatic rings. The Labute approximate surface area is 209 Å². The molecule has 2 amide bonds. The molecule has 35 heavy (non-hydrogen) atoms. The Kier molecular flexibility index (Phi) is 8.28. The number of nitrogens with zero attached hydrogens (tertiary/aromatic N) is 2. The Morgan fingerprint density at radius 1 is 1.09 bits per heavy atom. The molecule has 188 valence electrons. The minimum absolute atomic E-state index is 0.0577. The predicted molar refractivity (Wildman–Crippen MR) is 133 cm³/mol. The number of hydrogen-bond donors (Lipinski definition) is 2. The molecule has 1 saturated heterocycles. The normalized spacial score (nSPS) is 20.4. The highest BCUT2D eigenvalue weighted by atomic mass is 32.1. The van der Waals surface area contributed by atoms with E-state index in [1.807, 2.05) is 4.90 Å². The van der Waals surface area contributed by atoms with Crippen LogP contribution in [-0.4, -0.2) is 53.2 Å². The van der Waals surface area contributed by atoms with E-state index in [1.54, 1.807) is 19.4 Å². The van der Waals surface area contributed by atoms with Crippen LogP contribution in [0.4, 0.5) is 4.39 Å². The number of thiazole rings is 1. The number of likely N-dealkylation sites (tertiary alicyclic amines) is 1. The van der Waals surface area contributed by atoms with Crippen LogP contribution in [0.1, 0.15) is 79.0 Å². The predicted octanol–water partition coefficient (Wildman–Crippen LogP) is 3.85. The lowest BCUT2D eigenvalue weighted by Crippen LogP contribution is -2.55. The molecule has 1 aromatic carbocycles. The number of hydrogen-bond acceptors (Lipinski definition) is 6. The summed E-state index contributed by atoms with van der Waals surface area (Å²) in [7, 11) is 1.73. The van der Waals surface area contributed by atoms with Gasteiger partial charge in [0.25, 0.3) is 0 Å². The summed E-state index contributed by atoms with van der Waals surface area (Å²) in [6.07, 6.45) is 6.76. The highest BCUT2D eigenvalue weighted by Gasteiger charge is 2.40. The van der Waals surface area contributed by atoms with Crippen molar-refractivity contribution in [2.24, 2.45) is 5.92 Å². The summed E-state index contributed by atoms with van der Waals surface area (Å²) < 4.78 is 13.2. The molecule has 0 spiro atoms. The van der Waals surface area contributed by atoms with Crippen LogP contribution in [0.2, 0.25) is 0 Å². The van der Waals surface area contributed by atoms with Crippen molar-refractivity contribution < 1.29 is 18.8 Å². The van der Waals surface area contributed by atoms with Gasteiger partial charge in [0, 0.05) is 17.5 Å². The zero-order valence-electron chi connectivity index (χ0n) is 20.3. The summed E-state index contributed by atoms with van der Waals surface area (Å²) in [5.41, 5.74) is 0.678. The minimum Gasteiger partial charge on any atom is -0.343 e. The van der Waals surface area contributed by atoms with Gasteiger partial charge in [-0.1, -0.05) is 19.3 Å². The van der Waals surface area contributed by atoms with Crippen molar-refractivity contribution in [1.82, 2.24) is 20.5 Å². The Hall–Kier alpha value is -2.65. The first-order chi connectivity index (χ1) is 16.9. The monoisotopic (exact) mass is 500 g/mol. The SMILES string of the molecule is CN[C@@H](C)C(=O)N[C@H](C(=O)N1CCCC1c1nc(C(=O)c2ccc(F)cc2)cs1)C1CCCCC1. The van der Waals surface area contributed by atoms with Crippen LogP contribution in [-0.2, 0) is 9.59 Å². The number of amides is 2. The molecule has 3 atom stereocenters. The second-order valence-electron chi connectivity index (χ2n) is 9.49. The van der Waals surface area contributed by atoms with E-state index in [0.29, 0.717) is 17.8 Å². The van der Waals surface area contributed by atoms with Gasteiger partial charge in [0.2, 0.25) is 17.6 Å². The Morgan fingerprint density at radius 2 is 1.80 bits per heavy atom. The lowest BCUT2D eigenvalue weighted by Gasteiger charge is -2.35. The summed E-state index contributed by atoms with van der Waals surface area (Å²) in [5.74, 6) is -0.773. The third-order valence-electron chi connectivity index (χ3n) is 7.19. The maximum absolute atomic E-state index is 13.8. The third-order valence-corrected chi connectivity index (χ3v) is 8.14. The summed E-state index contributed by atoms with van der Waals surface area (Å²) in [5, 5.41) is 8.42. The van der Waals surface area contributed by atoms with Crippen LogP contribution in [0.3, 0.4) is 0 Å². The van der Waals surface area contributed by atoms with Crippen LogP contribution in [0.15, 0.2) is 29.6 Å². The number of nitrogens with one attached hydrogen (secondary N) is 2. The zero-order chi connectivity index (χ0) is 24.9. The van der Waals surface area contributed by atoms with Crippen molar-refractivity contribution in [2.45, 2.75) is 70.0 Å². The van der Waals surface area contributed by atoms with Crippen LogP contribution in [0.5, 0.6) is 0 Å². The summed E-state index contributed by atoms with van der Waals surface area (Å²) in [6, 6.07) is 4.25. The number of likely N-dealkylation sites (N-methyl/N-ethyl adjacent to an activating group) is 1. The van der Waals surface area contributed by atoms with E-state index in [1.165, 1.54) is 35.6 Å². The van der Waals surface area contributed by atoms with E-state index in [4.69, 9.17) is 0 Å². The van der Waals surface area contributed by atoms with Crippen molar-refractivity contribution in [3.8, 4) is 0 Å². The number of aromatic nitrogens is 1. The summed E-state index contributed by atoms with van der Waals surface area (Å²) in [4.78, 5) is 45.8. The fraction of sp³-hybridized carbons (Fsp3) is 0.538.